The highest BCUT2D eigenvalue weighted by Gasteiger charge is 2.66. The SMILES string of the molecule is O=C1C2C=C(I)C(CC2OCCCCO)[C@@]12CO2. The molecule has 0 radical (unpaired) electrons. The van der Waals surface area contributed by atoms with E-state index in [4.69, 9.17) is 14.6 Å². The fourth-order valence-corrected chi connectivity index (χ4v) is 4.18. The lowest BCUT2D eigenvalue weighted by atomic mass is 9.66. The molecule has 0 aromatic heterocycles. The zero-order valence-electron chi connectivity index (χ0n) is 10.1. The van der Waals surface area contributed by atoms with Gasteiger partial charge in [0.25, 0.3) is 0 Å². The van der Waals surface area contributed by atoms with Gasteiger partial charge in [0, 0.05) is 19.1 Å². The van der Waals surface area contributed by atoms with Gasteiger partial charge in [0.1, 0.15) is 0 Å². The van der Waals surface area contributed by atoms with Gasteiger partial charge >= 0.3 is 0 Å². The first-order valence-electron chi connectivity index (χ1n) is 6.47. The van der Waals surface area contributed by atoms with Crippen LogP contribution in [0.1, 0.15) is 19.3 Å². The molecule has 1 aliphatic heterocycles. The van der Waals surface area contributed by atoms with Crippen LogP contribution in [0.5, 0.6) is 0 Å². The lowest BCUT2D eigenvalue weighted by Crippen LogP contribution is -2.53. The summed E-state index contributed by atoms with van der Waals surface area (Å²) in [7, 11) is 0. The third kappa shape index (κ3) is 1.95. The van der Waals surface area contributed by atoms with Gasteiger partial charge in [0.05, 0.1) is 18.6 Å². The second kappa shape index (κ2) is 4.85. The summed E-state index contributed by atoms with van der Waals surface area (Å²) < 4.78 is 12.5. The van der Waals surface area contributed by atoms with Crippen molar-refractivity contribution in [2.45, 2.75) is 31.0 Å². The molecule has 4 nitrogen and oxygen atoms in total. The number of ketones is 1. The van der Waals surface area contributed by atoms with E-state index >= 15 is 0 Å². The highest BCUT2D eigenvalue weighted by Crippen LogP contribution is 2.55. The number of hydrogen-bond acceptors (Lipinski definition) is 4. The van der Waals surface area contributed by atoms with Crippen molar-refractivity contribution in [3.63, 3.8) is 0 Å². The number of unbranched alkanes of at least 4 members (excludes halogenated alkanes) is 1. The van der Waals surface area contributed by atoms with Crippen molar-refractivity contribution in [3.05, 3.63) is 9.66 Å². The fourth-order valence-electron chi connectivity index (χ4n) is 3.04. The van der Waals surface area contributed by atoms with E-state index in [0.29, 0.717) is 13.2 Å². The minimum absolute atomic E-state index is 0.00883. The summed E-state index contributed by atoms with van der Waals surface area (Å²) in [5, 5.41) is 8.73. The third-order valence-corrected chi connectivity index (χ3v) is 5.27. The maximum atomic E-state index is 12.3. The Balaban J connectivity index is 1.65. The number of epoxide rings is 1. The van der Waals surface area contributed by atoms with E-state index in [9.17, 15) is 4.79 Å². The molecule has 2 bridgehead atoms. The minimum Gasteiger partial charge on any atom is -0.396 e. The number of carbonyl (C=O) groups is 1. The average molecular weight is 364 g/mol. The van der Waals surface area contributed by atoms with Crippen LogP contribution in [-0.2, 0) is 14.3 Å². The molecule has 4 rings (SSSR count). The molecule has 0 amide bonds. The number of ether oxygens (including phenoxy) is 2. The monoisotopic (exact) mass is 364 g/mol. The summed E-state index contributed by atoms with van der Waals surface area (Å²) in [5.41, 5.74) is -0.485. The number of aliphatic hydroxyl groups is 1. The van der Waals surface area contributed by atoms with Gasteiger partial charge in [0.15, 0.2) is 11.4 Å². The van der Waals surface area contributed by atoms with Crippen LogP contribution in [0.25, 0.3) is 0 Å². The molecule has 1 saturated carbocycles. The quantitative estimate of drug-likeness (QED) is 0.456. The van der Waals surface area contributed by atoms with Crippen molar-refractivity contribution < 1.29 is 19.4 Å². The van der Waals surface area contributed by atoms with Gasteiger partial charge in [-0.1, -0.05) is 6.08 Å². The molecule has 4 aliphatic rings. The Morgan fingerprint density at radius 3 is 3.00 bits per heavy atom. The van der Waals surface area contributed by atoms with Crippen LogP contribution in [-0.4, -0.2) is 42.4 Å². The van der Waals surface area contributed by atoms with Gasteiger partial charge in [0.2, 0.25) is 0 Å². The number of Topliss-reactive ketones (excluding diaryl/α,β-unsaturated/α-hetero) is 1. The van der Waals surface area contributed by atoms with Gasteiger partial charge < -0.3 is 14.6 Å². The van der Waals surface area contributed by atoms with Gasteiger partial charge in [-0.15, -0.1) is 0 Å². The molecule has 18 heavy (non-hydrogen) atoms. The van der Waals surface area contributed by atoms with Crippen LogP contribution < -0.4 is 0 Å². The topological polar surface area (TPSA) is 59.1 Å². The van der Waals surface area contributed by atoms with E-state index in [1.54, 1.807) is 0 Å². The Morgan fingerprint density at radius 2 is 2.33 bits per heavy atom. The van der Waals surface area contributed by atoms with E-state index in [-0.39, 0.29) is 30.3 Å². The van der Waals surface area contributed by atoms with Crippen molar-refractivity contribution in [1.29, 1.82) is 0 Å². The molecular formula is C13H17IO4. The molecule has 1 saturated heterocycles. The van der Waals surface area contributed by atoms with Crippen molar-refractivity contribution in [3.8, 4) is 0 Å². The van der Waals surface area contributed by atoms with Crippen molar-refractivity contribution in [1.82, 2.24) is 0 Å². The van der Waals surface area contributed by atoms with Gasteiger partial charge in [-0.05, 0) is 45.4 Å². The largest absolute Gasteiger partial charge is 0.396 e. The summed E-state index contributed by atoms with van der Waals surface area (Å²) in [6.45, 7) is 1.42. The number of carbonyl (C=O) groups excluding carboxylic acids is 1. The molecule has 4 atom stereocenters. The highest BCUT2D eigenvalue weighted by molar-refractivity contribution is 14.1. The molecule has 0 aromatic carbocycles. The first kappa shape index (κ1) is 13.0. The zero-order chi connectivity index (χ0) is 12.8. The van der Waals surface area contributed by atoms with Crippen molar-refractivity contribution >= 4 is 28.4 Å². The van der Waals surface area contributed by atoms with Crippen LogP contribution in [0.15, 0.2) is 9.66 Å². The Kier molecular flexibility index (Phi) is 3.51. The van der Waals surface area contributed by atoms with E-state index in [2.05, 4.69) is 28.7 Å². The molecular weight excluding hydrogens is 347 g/mol. The number of fused-ring (bicyclic) bond motifs is 1. The summed E-state index contributed by atoms with van der Waals surface area (Å²) in [6, 6.07) is 0. The molecule has 1 N–H and O–H groups in total. The zero-order valence-corrected chi connectivity index (χ0v) is 12.3. The van der Waals surface area contributed by atoms with E-state index in [0.717, 1.165) is 19.3 Å². The van der Waals surface area contributed by atoms with Crippen LogP contribution in [0.2, 0.25) is 0 Å². The summed E-state index contributed by atoms with van der Waals surface area (Å²) >= 11 is 2.33. The standard InChI is InChI=1S/C13H17IO4/c14-10-5-8-11(17-4-2-1-3-15)6-9(10)13(7-18-13)12(8)16/h5,8-9,11,15H,1-4,6-7H2/t8?,9?,11?,13-/m0/s1. The second-order valence-electron chi connectivity index (χ2n) is 5.25. The number of hydrogen-bond donors (Lipinski definition) is 1. The van der Waals surface area contributed by atoms with Gasteiger partial charge in [-0.25, -0.2) is 0 Å². The first-order chi connectivity index (χ1) is 8.69. The highest BCUT2D eigenvalue weighted by atomic mass is 127. The molecule has 1 spiro atoms. The Morgan fingerprint density at radius 1 is 1.56 bits per heavy atom. The van der Waals surface area contributed by atoms with Crippen molar-refractivity contribution in [2.75, 3.05) is 19.8 Å². The smallest absolute Gasteiger partial charge is 0.177 e. The molecule has 5 heteroatoms. The number of halogens is 1. The number of rotatable bonds is 5. The van der Waals surface area contributed by atoms with E-state index < -0.39 is 5.60 Å². The maximum absolute atomic E-state index is 12.3. The average Bonchev–Trinajstić information content (AvgIpc) is 3.14. The summed E-state index contributed by atoms with van der Waals surface area (Å²) in [6.07, 6.45) is 4.57. The van der Waals surface area contributed by atoms with Crippen LogP contribution in [0, 0.1) is 11.8 Å². The molecule has 2 fully saturated rings. The Labute approximate surface area is 120 Å². The summed E-state index contributed by atoms with van der Waals surface area (Å²) in [4.78, 5) is 12.3. The predicted molar refractivity (Wildman–Crippen MR) is 73.4 cm³/mol. The number of aliphatic hydroxyl groups excluding tert-OH is 1. The molecule has 3 unspecified atom stereocenters. The molecule has 100 valence electrons. The Bertz CT molecular complexity index is 388. The minimum atomic E-state index is -0.485. The van der Waals surface area contributed by atoms with Crippen LogP contribution in [0.3, 0.4) is 0 Å². The molecule has 1 heterocycles. The molecule has 0 aromatic rings. The Hall–Kier alpha value is 0.0200. The van der Waals surface area contributed by atoms with E-state index in [1.807, 2.05) is 0 Å². The first-order valence-corrected chi connectivity index (χ1v) is 7.55. The summed E-state index contributed by atoms with van der Waals surface area (Å²) in [5.74, 6) is 0.295. The van der Waals surface area contributed by atoms with Crippen LogP contribution >= 0.6 is 22.6 Å². The van der Waals surface area contributed by atoms with Gasteiger partial charge in [-0.2, -0.15) is 0 Å². The fraction of sp³-hybridized carbons (Fsp3) is 0.769. The third-order valence-electron chi connectivity index (χ3n) is 4.16. The maximum Gasteiger partial charge on any atom is 0.177 e. The lowest BCUT2D eigenvalue weighted by molar-refractivity contribution is -0.140. The normalized spacial score (nSPS) is 41.3. The van der Waals surface area contributed by atoms with E-state index in [1.165, 1.54) is 3.58 Å². The lowest BCUT2D eigenvalue weighted by Gasteiger charge is -2.42. The van der Waals surface area contributed by atoms with Gasteiger partial charge in [-0.3, -0.25) is 4.79 Å². The van der Waals surface area contributed by atoms with Crippen molar-refractivity contribution in [2.24, 2.45) is 11.8 Å². The predicted octanol–water partition coefficient (Wildman–Crippen LogP) is 1.45. The second-order valence-corrected chi connectivity index (χ2v) is 6.49. The van der Waals surface area contributed by atoms with Crippen LogP contribution in [0.4, 0.5) is 0 Å². The molecule has 3 aliphatic carbocycles.